The molecule has 0 saturated heterocycles. The molecule has 5 rings (SSSR count). The number of guanidine groups is 1. The number of amides is 4. The number of carbonyl (C=O) groups excluding carboxylic acids is 4. The summed E-state index contributed by atoms with van der Waals surface area (Å²) in [6.45, 7) is 1.32. The maximum atomic E-state index is 13.3. The molecule has 58 heavy (non-hydrogen) atoms. The van der Waals surface area contributed by atoms with Crippen LogP contribution in [0.5, 0.6) is 5.75 Å². The highest BCUT2D eigenvalue weighted by Crippen LogP contribution is 2.60. The van der Waals surface area contributed by atoms with Crippen molar-refractivity contribution >= 4 is 41.5 Å². The molecule has 11 N–H and O–H groups in total. The first-order chi connectivity index (χ1) is 27.6. The maximum Gasteiger partial charge on any atom is 0.326 e. The number of hydrogen-bond acceptors (Lipinski definition) is 9. The minimum atomic E-state index is -1.66. The molecule has 2 fully saturated rings. The molecule has 8 atom stereocenters. The van der Waals surface area contributed by atoms with Crippen LogP contribution in [0, 0.1) is 17.3 Å². The zero-order valence-corrected chi connectivity index (χ0v) is 32.7. The first kappa shape index (κ1) is 43.4. The second kappa shape index (κ2) is 19.6. The molecule has 0 heterocycles. The van der Waals surface area contributed by atoms with E-state index >= 15 is 0 Å². The Balaban J connectivity index is 1.15. The largest absolute Gasteiger partial charge is 0.484 e. The molecule has 0 aromatic heterocycles. The fourth-order valence-corrected chi connectivity index (χ4v) is 9.02. The van der Waals surface area contributed by atoms with Gasteiger partial charge in [-0.2, -0.15) is 0 Å². The average molecular weight is 806 g/mol. The van der Waals surface area contributed by atoms with Crippen molar-refractivity contribution in [3.05, 3.63) is 65.2 Å². The standard InChI is InChI=1S/C41H55N7O10/c1-41-16-15-27-26-12-10-25(19-24(26)9-11-28(27)29(41)13-14-33(41)49)58-22-35(51)46-30(8-5-17-44-40(42)43)37(54)45-21-34(50)47-31(20-36(52)53)38(55)48-32(39(56)57)18-23-6-3-2-4-7-23/h2-4,6-7,10,12,19,27-33,49H,5,8-9,11,13-18,20-22H2,1H3,(H,45,54)(H,46,51)(H,47,50)(H,48,55)(H,52,53)(H,56,57)(H4,42,43,44)/t27-,28-,29+,30+,31+,32+,33+,41+/m1/s1. The Labute approximate surface area is 336 Å². The summed E-state index contributed by atoms with van der Waals surface area (Å²) in [5.74, 6) is -4.26. The number of benzene rings is 2. The Morgan fingerprint density at radius 1 is 0.897 bits per heavy atom. The van der Waals surface area contributed by atoms with Crippen LogP contribution in [0.25, 0.3) is 0 Å². The van der Waals surface area contributed by atoms with Crippen LogP contribution in [-0.4, -0.2) is 101 Å². The molecule has 2 aromatic carbocycles. The van der Waals surface area contributed by atoms with Gasteiger partial charge in [0.15, 0.2) is 12.6 Å². The van der Waals surface area contributed by atoms with Gasteiger partial charge >= 0.3 is 11.9 Å². The Hall–Kier alpha value is -5.71. The first-order valence-electron chi connectivity index (χ1n) is 19.8. The highest BCUT2D eigenvalue weighted by molar-refractivity contribution is 5.95. The number of rotatable bonds is 19. The van der Waals surface area contributed by atoms with Gasteiger partial charge in [-0.05, 0) is 103 Å². The molecule has 3 aliphatic rings. The van der Waals surface area contributed by atoms with Crippen LogP contribution in [0.15, 0.2) is 53.5 Å². The number of carboxylic acids is 2. The third-order valence-corrected chi connectivity index (χ3v) is 12.0. The molecule has 314 valence electrons. The van der Waals surface area contributed by atoms with Gasteiger partial charge in [-0.1, -0.05) is 43.3 Å². The van der Waals surface area contributed by atoms with E-state index in [4.69, 9.17) is 16.2 Å². The van der Waals surface area contributed by atoms with Crippen LogP contribution in [0.2, 0.25) is 0 Å². The number of nitrogens with zero attached hydrogens (tertiary/aromatic N) is 1. The van der Waals surface area contributed by atoms with Crippen molar-refractivity contribution in [3.8, 4) is 5.75 Å². The Kier molecular flexibility index (Phi) is 14.7. The predicted molar refractivity (Wildman–Crippen MR) is 211 cm³/mol. The molecular formula is C41H55N7O10. The normalized spacial score (nSPS) is 23.3. The second-order valence-corrected chi connectivity index (χ2v) is 15.8. The van der Waals surface area contributed by atoms with Gasteiger partial charge in [0.1, 0.15) is 23.9 Å². The molecule has 17 nitrogen and oxygen atoms in total. The number of aliphatic imine (C=N–C) groups is 1. The number of aliphatic hydroxyl groups is 1. The van der Waals surface area contributed by atoms with Crippen molar-refractivity contribution in [1.29, 1.82) is 0 Å². The topological polar surface area (TPSA) is 285 Å². The number of ether oxygens (including phenoxy) is 1. The van der Waals surface area contributed by atoms with Crippen LogP contribution in [0.3, 0.4) is 0 Å². The number of aliphatic carboxylic acids is 2. The van der Waals surface area contributed by atoms with Crippen LogP contribution >= 0.6 is 0 Å². The summed E-state index contributed by atoms with van der Waals surface area (Å²) in [5.41, 5.74) is 13.9. The molecule has 0 spiro atoms. The van der Waals surface area contributed by atoms with Gasteiger partial charge in [0, 0.05) is 13.0 Å². The molecule has 3 aliphatic carbocycles. The Bertz CT molecular complexity index is 1850. The number of carbonyl (C=O) groups is 6. The van der Waals surface area contributed by atoms with Crippen molar-refractivity contribution in [2.75, 3.05) is 19.7 Å². The summed E-state index contributed by atoms with van der Waals surface area (Å²) in [5, 5.41) is 39.3. The third-order valence-electron chi connectivity index (χ3n) is 12.0. The van der Waals surface area contributed by atoms with Crippen molar-refractivity contribution in [2.24, 2.45) is 33.7 Å². The fraction of sp³-hybridized carbons (Fsp3) is 0.537. The van der Waals surface area contributed by atoms with Gasteiger partial charge in [0.05, 0.1) is 19.1 Å². The minimum absolute atomic E-state index is 0.0115. The van der Waals surface area contributed by atoms with Gasteiger partial charge in [-0.25, -0.2) is 4.79 Å². The van der Waals surface area contributed by atoms with Crippen molar-refractivity contribution in [1.82, 2.24) is 21.3 Å². The van der Waals surface area contributed by atoms with Gasteiger partial charge < -0.3 is 52.8 Å². The van der Waals surface area contributed by atoms with E-state index < -0.39 is 73.3 Å². The van der Waals surface area contributed by atoms with Crippen LogP contribution < -0.4 is 37.5 Å². The Morgan fingerprint density at radius 2 is 1.64 bits per heavy atom. The van der Waals surface area contributed by atoms with E-state index in [1.165, 1.54) is 11.1 Å². The van der Waals surface area contributed by atoms with E-state index in [-0.39, 0.29) is 43.3 Å². The molecular weight excluding hydrogens is 750 g/mol. The second-order valence-electron chi connectivity index (χ2n) is 15.8. The van der Waals surface area contributed by atoms with Gasteiger partial charge in [0.25, 0.3) is 5.91 Å². The molecule has 2 saturated carbocycles. The molecule has 0 unspecified atom stereocenters. The SMILES string of the molecule is C[C@]12CC[C@@H]3c4ccc(OCC(=O)N[C@@H](CCCN=C(N)N)C(=O)NCC(=O)N[C@@H](CC(=O)O)C(=O)N[C@@H](Cc5ccccc5)C(=O)O)cc4CC[C@H]3[C@@H]1CC[C@@H]2O. The summed E-state index contributed by atoms with van der Waals surface area (Å²) in [7, 11) is 0. The number of nitrogens with one attached hydrogen (secondary N) is 4. The Morgan fingerprint density at radius 3 is 2.34 bits per heavy atom. The zero-order chi connectivity index (χ0) is 42.0. The highest BCUT2D eigenvalue weighted by atomic mass is 16.5. The lowest BCUT2D eigenvalue weighted by molar-refractivity contribution is -0.143. The number of fused-ring (bicyclic) bond motifs is 5. The molecule has 0 bridgehead atoms. The monoisotopic (exact) mass is 805 g/mol. The first-order valence-corrected chi connectivity index (χ1v) is 19.8. The quantitative estimate of drug-likeness (QED) is 0.0539. The lowest BCUT2D eigenvalue weighted by atomic mass is 9.55. The smallest absolute Gasteiger partial charge is 0.326 e. The molecule has 17 heteroatoms. The van der Waals surface area contributed by atoms with Crippen LogP contribution in [0.4, 0.5) is 0 Å². The van der Waals surface area contributed by atoms with E-state index in [1.54, 1.807) is 30.3 Å². The third kappa shape index (κ3) is 11.2. The van der Waals surface area contributed by atoms with Crippen molar-refractivity contribution in [2.45, 2.75) is 101 Å². The predicted octanol–water partition coefficient (Wildman–Crippen LogP) is 0.709. The lowest BCUT2D eigenvalue weighted by Gasteiger charge is -2.50. The number of carboxylic acid groups (broad SMARTS) is 2. The molecule has 0 aliphatic heterocycles. The lowest BCUT2D eigenvalue weighted by Crippen LogP contribution is -2.55. The average Bonchev–Trinajstić information content (AvgIpc) is 3.50. The summed E-state index contributed by atoms with van der Waals surface area (Å²) < 4.78 is 5.86. The summed E-state index contributed by atoms with van der Waals surface area (Å²) in [4.78, 5) is 79.6. The van der Waals surface area contributed by atoms with E-state index in [0.717, 1.165) is 38.5 Å². The zero-order valence-electron chi connectivity index (χ0n) is 32.7. The number of hydrogen-bond donors (Lipinski definition) is 9. The minimum Gasteiger partial charge on any atom is -0.484 e. The molecule has 0 radical (unpaired) electrons. The number of aryl methyl sites for hydroxylation is 1. The van der Waals surface area contributed by atoms with Crippen molar-refractivity contribution < 1.29 is 48.8 Å². The van der Waals surface area contributed by atoms with Crippen molar-refractivity contribution in [3.63, 3.8) is 0 Å². The van der Waals surface area contributed by atoms with Gasteiger partial charge in [-0.15, -0.1) is 0 Å². The van der Waals surface area contributed by atoms with Crippen LogP contribution in [-0.2, 0) is 41.6 Å². The van der Waals surface area contributed by atoms with Crippen LogP contribution in [0.1, 0.15) is 80.9 Å². The van der Waals surface area contributed by atoms with E-state index in [9.17, 15) is 44.1 Å². The summed E-state index contributed by atoms with van der Waals surface area (Å²) >= 11 is 0. The maximum absolute atomic E-state index is 13.3. The molecule has 4 amide bonds. The highest BCUT2D eigenvalue weighted by Gasteiger charge is 2.54. The summed E-state index contributed by atoms with van der Waals surface area (Å²) in [6.07, 6.45) is 5.05. The van der Waals surface area contributed by atoms with Gasteiger partial charge in [0.2, 0.25) is 17.7 Å². The summed E-state index contributed by atoms with van der Waals surface area (Å²) in [6, 6.07) is 10.2. The van der Waals surface area contributed by atoms with Gasteiger partial charge in [-0.3, -0.25) is 29.0 Å². The fourth-order valence-electron chi connectivity index (χ4n) is 9.02. The number of aliphatic hydroxyl groups excluding tert-OH is 1. The molecule has 2 aromatic rings. The number of nitrogens with two attached hydrogens (primary N) is 2. The van der Waals surface area contributed by atoms with E-state index in [1.807, 2.05) is 12.1 Å². The van der Waals surface area contributed by atoms with E-state index in [2.05, 4.69) is 39.2 Å². The van der Waals surface area contributed by atoms with E-state index in [0.29, 0.717) is 29.1 Å².